The molecule has 0 spiro atoms. The molecule has 3 N–H and O–H groups in total. The molecule has 2 unspecified atom stereocenters. The maximum atomic E-state index is 11.4. The Hall–Kier alpha value is -1.18. The van der Waals surface area contributed by atoms with Crippen LogP contribution in [0.3, 0.4) is 0 Å². The van der Waals surface area contributed by atoms with E-state index in [9.17, 15) is 14.7 Å². The summed E-state index contributed by atoms with van der Waals surface area (Å²) in [4.78, 5) is 22.4. The zero-order valence-electron chi connectivity index (χ0n) is 12.0. The van der Waals surface area contributed by atoms with Crippen LogP contribution >= 0.6 is 0 Å². The topological polar surface area (TPSA) is 96.9 Å². The maximum Gasteiger partial charge on any atom is 0.329 e. The first-order valence-corrected chi connectivity index (χ1v) is 6.09. The minimum atomic E-state index is -0.938. The second-order valence-corrected chi connectivity index (χ2v) is 4.65. The van der Waals surface area contributed by atoms with Gasteiger partial charge in [0.15, 0.2) is 0 Å². The van der Waals surface area contributed by atoms with Gasteiger partial charge in [0.05, 0.1) is 12.7 Å². The van der Waals surface area contributed by atoms with Crippen LogP contribution in [0.1, 0.15) is 20.3 Å². The van der Waals surface area contributed by atoms with Crippen LogP contribution in [0.4, 0.5) is 0 Å². The van der Waals surface area contributed by atoms with Crippen LogP contribution in [0.2, 0.25) is 0 Å². The average Bonchev–Trinajstić information content (AvgIpc) is 2.33. The molecule has 19 heavy (non-hydrogen) atoms. The van der Waals surface area contributed by atoms with Crippen LogP contribution in [0.5, 0.6) is 0 Å². The first kappa shape index (κ1) is 17.8. The molecule has 0 radical (unpaired) electrons. The molecule has 0 bridgehead atoms. The molecule has 2 atom stereocenters. The first-order valence-electron chi connectivity index (χ1n) is 6.09. The average molecular weight is 276 g/mol. The van der Waals surface area contributed by atoms with Crippen molar-refractivity contribution in [1.82, 2.24) is 10.6 Å². The molecule has 0 fully saturated rings. The molecular weight excluding hydrogens is 252 g/mol. The molecule has 0 aliphatic rings. The summed E-state index contributed by atoms with van der Waals surface area (Å²) in [6.45, 7) is 3.91. The van der Waals surface area contributed by atoms with Gasteiger partial charge in [-0.2, -0.15) is 0 Å². The smallest absolute Gasteiger partial charge is 0.329 e. The highest BCUT2D eigenvalue weighted by atomic mass is 16.5. The highest BCUT2D eigenvalue weighted by Crippen LogP contribution is 2.07. The SMILES string of the molecule is COCCC(C)(O)CNCC(NC(C)=O)C(=O)OC. The Labute approximate surface area is 113 Å². The number of hydrogen-bond donors (Lipinski definition) is 3. The lowest BCUT2D eigenvalue weighted by molar-refractivity contribution is -0.144. The van der Waals surface area contributed by atoms with Crippen LogP contribution in [0.25, 0.3) is 0 Å². The molecular formula is C12H24N2O5. The lowest BCUT2D eigenvalue weighted by Crippen LogP contribution is -2.50. The summed E-state index contributed by atoms with van der Waals surface area (Å²) in [7, 11) is 2.82. The first-order chi connectivity index (χ1) is 8.82. The van der Waals surface area contributed by atoms with Gasteiger partial charge >= 0.3 is 5.97 Å². The fourth-order valence-electron chi connectivity index (χ4n) is 1.48. The van der Waals surface area contributed by atoms with E-state index in [1.165, 1.54) is 14.0 Å². The van der Waals surface area contributed by atoms with E-state index in [-0.39, 0.29) is 19.0 Å². The Morgan fingerprint density at radius 3 is 2.47 bits per heavy atom. The summed E-state index contributed by atoms with van der Waals surface area (Å²) in [6, 6.07) is -0.763. The van der Waals surface area contributed by atoms with E-state index in [1.54, 1.807) is 14.0 Å². The molecule has 1 amide bonds. The third-order valence-electron chi connectivity index (χ3n) is 2.56. The molecule has 7 nitrogen and oxygen atoms in total. The number of carbonyl (C=O) groups excluding carboxylic acids is 2. The minimum absolute atomic E-state index is 0.190. The number of rotatable bonds is 9. The molecule has 0 aromatic rings. The van der Waals surface area contributed by atoms with Crippen molar-refractivity contribution >= 4 is 11.9 Å². The van der Waals surface area contributed by atoms with Gasteiger partial charge in [-0.15, -0.1) is 0 Å². The predicted octanol–water partition coefficient (Wildman–Crippen LogP) is -0.959. The monoisotopic (exact) mass is 276 g/mol. The Balaban J connectivity index is 4.17. The van der Waals surface area contributed by atoms with Gasteiger partial charge in [-0.3, -0.25) is 4.79 Å². The van der Waals surface area contributed by atoms with Crippen molar-refractivity contribution in [3.05, 3.63) is 0 Å². The molecule has 0 heterocycles. The number of methoxy groups -OCH3 is 2. The van der Waals surface area contributed by atoms with Crippen molar-refractivity contribution in [2.45, 2.75) is 31.9 Å². The molecule has 0 rings (SSSR count). The van der Waals surface area contributed by atoms with Gasteiger partial charge in [-0.25, -0.2) is 4.79 Å². The number of esters is 1. The van der Waals surface area contributed by atoms with Crippen molar-refractivity contribution in [1.29, 1.82) is 0 Å². The van der Waals surface area contributed by atoms with E-state index in [1.807, 2.05) is 0 Å². The van der Waals surface area contributed by atoms with Gasteiger partial charge in [0, 0.05) is 40.2 Å². The highest BCUT2D eigenvalue weighted by Gasteiger charge is 2.23. The van der Waals surface area contributed by atoms with Crippen molar-refractivity contribution in [2.75, 3.05) is 33.9 Å². The number of amides is 1. The number of ether oxygens (including phenoxy) is 2. The lowest BCUT2D eigenvalue weighted by Gasteiger charge is -2.24. The summed E-state index contributed by atoms with van der Waals surface area (Å²) in [6.07, 6.45) is 0.472. The summed E-state index contributed by atoms with van der Waals surface area (Å²) in [5, 5.41) is 15.4. The Morgan fingerprint density at radius 2 is 2.00 bits per heavy atom. The third-order valence-corrected chi connectivity index (χ3v) is 2.56. The third kappa shape index (κ3) is 8.52. The highest BCUT2D eigenvalue weighted by molar-refractivity contribution is 5.83. The summed E-state index contributed by atoms with van der Waals surface area (Å²) in [5.74, 6) is -0.845. The molecule has 0 aliphatic heterocycles. The van der Waals surface area contributed by atoms with Crippen LogP contribution in [-0.2, 0) is 19.1 Å². The summed E-state index contributed by atoms with van der Waals surface area (Å²) in [5.41, 5.74) is -0.938. The maximum absolute atomic E-state index is 11.4. The fourth-order valence-corrected chi connectivity index (χ4v) is 1.48. The molecule has 0 aliphatic carbocycles. The van der Waals surface area contributed by atoms with Crippen LogP contribution < -0.4 is 10.6 Å². The molecule has 112 valence electrons. The van der Waals surface area contributed by atoms with Gasteiger partial charge in [0.25, 0.3) is 0 Å². The van der Waals surface area contributed by atoms with E-state index < -0.39 is 17.6 Å². The second kappa shape index (κ2) is 8.84. The van der Waals surface area contributed by atoms with Crippen LogP contribution in [0.15, 0.2) is 0 Å². The summed E-state index contributed by atoms with van der Waals surface area (Å²) < 4.78 is 9.48. The Kier molecular flexibility index (Phi) is 8.29. The molecule has 7 heteroatoms. The van der Waals surface area contributed by atoms with Gasteiger partial charge in [0.2, 0.25) is 5.91 Å². The lowest BCUT2D eigenvalue weighted by atomic mass is 10.0. The van der Waals surface area contributed by atoms with E-state index in [4.69, 9.17) is 4.74 Å². The number of aliphatic hydroxyl groups is 1. The second-order valence-electron chi connectivity index (χ2n) is 4.65. The van der Waals surface area contributed by atoms with Crippen LogP contribution in [-0.4, -0.2) is 62.5 Å². The Morgan fingerprint density at radius 1 is 1.37 bits per heavy atom. The van der Waals surface area contributed by atoms with Crippen LogP contribution in [0, 0.1) is 0 Å². The van der Waals surface area contributed by atoms with Gasteiger partial charge in [-0.05, 0) is 6.92 Å². The van der Waals surface area contributed by atoms with E-state index in [2.05, 4.69) is 15.4 Å². The molecule has 0 aromatic heterocycles. The largest absolute Gasteiger partial charge is 0.467 e. The molecule has 0 aromatic carbocycles. The summed E-state index contributed by atoms with van der Waals surface area (Å²) >= 11 is 0. The number of carbonyl (C=O) groups is 2. The standard InChI is InChI=1S/C12H24N2O5/c1-9(15)14-10(11(16)19-4)7-13-8-12(2,17)5-6-18-3/h10,13,17H,5-8H2,1-4H3,(H,14,15). The van der Waals surface area contributed by atoms with Crippen molar-refractivity contribution < 1.29 is 24.2 Å². The van der Waals surface area contributed by atoms with E-state index in [0.717, 1.165) is 0 Å². The zero-order valence-corrected chi connectivity index (χ0v) is 12.0. The molecule has 0 saturated carbocycles. The van der Waals surface area contributed by atoms with E-state index in [0.29, 0.717) is 13.0 Å². The normalized spacial score (nSPS) is 15.4. The quantitative estimate of drug-likeness (QED) is 0.469. The van der Waals surface area contributed by atoms with Crippen molar-refractivity contribution in [3.8, 4) is 0 Å². The zero-order chi connectivity index (χ0) is 14.9. The van der Waals surface area contributed by atoms with Crippen molar-refractivity contribution in [2.24, 2.45) is 0 Å². The van der Waals surface area contributed by atoms with Crippen molar-refractivity contribution in [3.63, 3.8) is 0 Å². The Bertz CT molecular complexity index is 294. The van der Waals surface area contributed by atoms with Gasteiger partial charge in [-0.1, -0.05) is 0 Å². The minimum Gasteiger partial charge on any atom is -0.467 e. The van der Waals surface area contributed by atoms with E-state index >= 15 is 0 Å². The van der Waals surface area contributed by atoms with Gasteiger partial charge < -0.3 is 25.2 Å². The molecule has 0 saturated heterocycles. The predicted molar refractivity (Wildman–Crippen MR) is 69.6 cm³/mol. The number of hydrogen-bond acceptors (Lipinski definition) is 6. The van der Waals surface area contributed by atoms with Gasteiger partial charge in [0.1, 0.15) is 6.04 Å². The fraction of sp³-hybridized carbons (Fsp3) is 0.833. The number of nitrogens with one attached hydrogen (secondary N) is 2.